The molecular formula is C13H15NO6S. The second-order valence-corrected chi connectivity index (χ2v) is 7.16. The second-order valence-electron chi connectivity index (χ2n) is 4.94. The lowest BCUT2D eigenvalue weighted by Crippen LogP contribution is -2.32. The zero-order chi connectivity index (χ0) is 15.6. The summed E-state index contributed by atoms with van der Waals surface area (Å²) in [6, 6.07) is 5.07. The number of nitrogens with zero attached hydrogens (tertiary/aromatic N) is 1. The molecule has 21 heavy (non-hydrogen) atoms. The molecule has 8 heteroatoms. The summed E-state index contributed by atoms with van der Waals surface area (Å²) in [7, 11) is -3.63. The summed E-state index contributed by atoms with van der Waals surface area (Å²) in [6.07, 6.45) is -0.0703. The lowest BCUT2D eigenvalue weighted by molar-refractivity contribution is -0.384. The predicted octanol–water partition coefficient (Wildman–Crippen LogP) is 1.37. The number of non-ortho nitro benzene ring substituents is 1. The molecule has 7 nitrogen and oxygen atoms in total. The zero-order valence-electron chi connectivity index (χ0n) is 11.4. The Morgan fingerprint density at radius 2 is 2.19 bits per heavy atom. The van der Waals surface area contributed by atoms with Crippen molar-refractivity contribution >= 4 is 21.3 Å². The van der Waals surface area contributed by atoms with Gasteiger partial charge in [0.25, 0.3) is 5.69 Å². The molecule has 0 bridgehead atoms. The Labute approximate surface area is 122 Å². The first kappa shape index (κ1) is 15.6. The summed E-state index contributed by atoms with van der Waals surface area (Å²) in [5.41, 5.74) is -0.213. The smallest absolute Gasteiger partial charge is 0.270 e. The van der Waals surface area contributed by atoms with Crippen LogP contribution in [0, 0.1) is 10.1 Å². The summed E-state index contributed by atoms with van der Waals surface area (Å²) < 4.78 is 29.6. The maximum atomic E-state index is 12.2. The van der Waals surface area contributed by atoms with Crippen LogP contribution in [0.1, 0.15) is 23.7 Å². The Morgan fingerprint density at radius 3 is 2.76 bits per heavy atom. The van der Waals surface area contributed by atoms with Crippen LogP contribution in [0.25, 0.3) is 0 Å². The van der Waals surface area contributed by atoms with E-state index in [1.165, 1.54) is 18.2 Å². The molecule has 0 amide bonds. The Morgan fingerprint density at radius 1 is 1.48 bits per heavy atom. The molecular weight excluding hydrogens is 298 g/mol. The third-order valence-electron chi connectivity index (χ3n) is 3.48. The van der Waals surface area contributed by atoms with Crippen molar-refractivity contribution in [2.75, 3.05) is 12.4 Å². The Balaban J connectivity index is 2.18. The van der Waals surface area contributed by atoms with Gasteiger partial charge in [0, 0.05) is 24.3 Å². The van der Waals surface area contributed by atoms with E-state index >= 15 is 0 Å². The van der Waals surface area contributed by atoms with Crippen molar-refractivity contribution in [1.29, 1.82) is 0 Å². The van der Waals surface area contributed by atoms with Crippen LogP contribution in [0.15, 0.2) is 24.3 Å². The topological polar surface area (TPSA) is 104 Å². The first-order chi connectivity index (χ1) is 9.81. The fraction of sp³-hybridized carbons (Fsp3) is 0.462. The summed E-state index contributed by atoms with van der Waals surface area (Å²) in [5, 5.41) is 9.98. The van der Waals surface area contributed by atoms with Gasteiger partial charge < -0.3 is 4.74 Å². The van der Waals surface area contributed by atoms with Crippen molar-refractivity contribution in [1.82, 2.24) is 0 Å². The average Bonchev–Trinajstić information content (AvgIpc) is 2.85. The van der Waals surface area contributed by atoms with Crippen molar-refractivity contribution in [3.63, 3.8) is 0 Å². The molecule has 2 rings (SSSR count). The van der Waals surface area contributed by atoms with Crippen LogP contribution in [0.2, 0.25) is 0 Å². The van der Waals surface area contributed by atoms with Crippen LogP contribution < -0.4 is 0 Å². The summed E-state index contributed by atoms with van der Waals surface area (Å²) in [4.78, 5) is 22.1. The van der Waals surface area contributed by atoms with Gasteiger partial charge in [-0.1, -0.05) is 12.1 Å². The lowest BCUT2D eigenvalue weighted by Gasteiger charge is -2.14. The predicted molar refractivity (Wildman–Crippen MR) is 75.0 cm³/mol. The fourth-order valence-electron chi connectivity index (χ4n) is 2.35. The van der Waals surface area contributed by atoms with E-state index in [0.717, 1.165) is 6.07 Å². The third kappa shape index (κ3) is 3.45. The van der Waals surface area contributed by atoms with E-state index in [9.17, 15) is 23.3 Å². The van der Waals surface area contributed by atoms with Gasteiger partial charge >= 0.3 is 0 Å². The van der Waals surface area contributed by atoms with E-state index in [1.807, 2.05) is 0 Å². The first-order valence-corrected chi connectivity index (χ1v) is 8.13. The first-order valence-electron chi connectivity index (χ1n) is 6.42. The van der Waals surface area contributed by atoms with Crippen LogP contribution >= 0.6 is 0 Å². The highest BCUT2D eigenvalue weighted by atomic mass is 32.2. The number of Topliss-reactive ketones (excluding diaryl/α,β-unsaturated/α-hetero) is 1. The number of benzene rings is 1. The van der Waals surface area contributed by atoms with Crippen LogP contribution in [-0.4, -0.2) is 42.8 Å². The van der Waals surface area contributed by atoms with Gasteiger partial charge in [-0.3, -0.25) is 14.9 Å². The van der Waals surface area contributed by atoms with Gasteiger partial charge in [0.1, 0.15) is 5.75 Å². The number of carbonyl (C=O) groups is 1. The Bertz CT molecular complexity index is 669. The van der Waals surface area contributed by atoms with E-state index in [2.05, 4.69) is 0 Å². The number of hydrogen-bond acceptors (Lipinski definition) is 6. The molecule has 1 aromatic rings. The maximum absolute atomic E-state index is 12.2. The molecule has 0 radical (unpaired) electrons. The standard InChI is InChI=1S/C13H15NO6S/c1-9-13(5-6-20-9)21(18,19)8-12(15)10-3-2-4-11(7-10)14(16)17/h2-4,7,9,13H,5-6,8H2,1H3. The lowest BCUT2D eigenvalue weighted by atomic mass is 10.1. The molecule has 114 valence electrons. The number of carbonyl (C=O) groups excluding carboxylic acids is 1. The maximum Gasteiger partial charge on any atom is 0.270 e. The number of ketones is 1. The second kappa shape index (κ2) is 5.90. The molecule has 0 saturated carbocycles. The SMILES string of the molecule is CC1OCCC1S(=O)(=O)CC(=O)c1cccc([N+](=O)[O-])c1. The van der Waals surface area contributed by atoms with Gasteiger partial charge in [0.05, 0.1) is 16.3 Å². The molecule has 2 unspecified atom stereocenters. The Hall–Kier alpha value is -1.80. The molecule has 0 N–H and O–H groups in total. The highest BCUT2D eigenvalue weighted by Crippen LogP contribution is 2.22. The number of nitro groups is 1. The molecule has 0 aliphatic carbocycles. The molecule has 0 spiro atoms. The summed E-state index contributed by atoms with van der Waals surface area (Å²) in [5.74, 6) is -1.30. The quantitative estimate of drug-likeness (QED) is 0.462. The van der Waals surface area contributed by atoms with Gasteiger partial charge in [-0.15, -0.1) is 0 Å². The fourth-order valence-corrected chi connectivity index (χ4v) is 4.21. The van der Waals surface area contributed by atoms with Crippen molar-refractivity contribution in [3.05, 3.63) is 39.9 Å². The van der Waals surface area contributed by atoms with Crippen LogP contribution in [0.3, 0.4) is 0 Å². The normalized spacial score (nSPS) is 22.1. The van der Waals surface area contributed by atoms with Crippen LogP contribution in [0.4, 0.5) is 5.69 Å². The number of ether oxygens (including phenoxy) is 1. The van der Waals surface area contributed by atoms with Gasteiger partial charge in [0.15, 0.2) is 15.6 Å². The van der Waals surface area contributed by atoms with Gasteiger partial charge in [-0.05, 0) is 13.3 Å². The molecule has 1 aliphatic rings. The monoisotopic (exact) mass is 313 g/mol. The van der Waals surface area contributed by atoms with Gasteiger partial charge in [0.2, 0.25) is 0 Å². The van der Waals surface area contributed by atoms with Crippen molar-refractivity contribution in [2.24, 2.45) is 0 Å². The van der Waals surface area contributed by atoms with E-state index in [4.69, 9.17) is 4.74 Å². The number of nitro benzene ring substituents is 1. The largest absolute Gasteiger partial charge is 0.377 e. The summed E-state index contributed by atoms with van der Waals surface area (Å²) in [6.45, 7) is 2.02. The molecule has 1 heterocycles. The molecule has 1 fully saturated rings. The number of hydrogen-bond donors (Lipinski definition) is 0. The van der Waals surface area contributed by atoms with E-state index < -0.39 is 37.7 Å². The van der Waals surface area contributed by atoms with E-state index in [0.29, 0.717) is 13.0 Å². The molecule has 2 atom stereocenters. The zero-order valence-corrected chi connectivity index (χ0v) is 12.2. The molecule has 1 saturated heterocycles. The van der Waals surface area contributed by atoms with Crippen molar-refractivity contribution < 1.29 is 22.9 Å². The highest BCUT2D eigenvalue weighted by Gasteiger charge is 2.37. The number of rotatable bonds is 5. The van der Waals surface area contributed by atoms with Gasteiger partial charge in [-0.25, -0.2) is 8.42 Å². The molecule has 1 aliphatic heterocycles. The van der Waals surface area contributed by atoms with Crippen molar-refractivity contribution in [3.8, 4) is 0 Å². The summed E-state index contributed by atoms with van der Waals surface area (Å²) >= 11 is 0. The van der Waals surface area contributed by atoms with E-state index in [1.54, 1.807) is 6.92 Å². The van der Waals surface area contributed by atoms with Crippen molar-refractivity contribution in [2.45, 2.75) is 24.7 Å². The minimum Gasteiger partial charge on any atom is -0.377 e. The highest BCUT2D eigenvalue weighted by molar-refractivity contribution is 7.92. The average molecular weight is 313 g/mol. The third-order valence-corrected chi connectivity index (χ3v) is 5.69. The van der Waals surface area contributed by atoms with Gasteiger partial charge in [-0.2, -0.15) is 0 Å². The Kier molecular flexibility index (Phi) is 4.38. The van der Waals surface area contributed by atoms with Crippen LogP contribution in [-0.2, 0) is 14.6 Å². The molecule has 1 aromatic carbocycles. The van der Waals surface area contributed by atoms with E-state index in [-0.39, 0.29) is 11.3 Å². The minimum atomic E-state index is -3.63. The minimum absolute atomic E-state index is 0.0272. The molecule has 0 aromatic heterocycles. The van der Waals surface area contributed by atoms with Crippen LogP contribution in [0.5, 0.6) is 0 Å². The number of sulfone groups is 1.